The molecule has 0 unspecified atom stereocenters. The van der Waals surface area contributed by atoms with Gasteiger partial charge in [-0.3, -0.25) is 9.78 Å². The number of amides is 1. The fourth-order valence-corrected chi connectivity index (χ4v) is 4.26. The van der Waals surface area contributed by atoms with Gasteiger partial charge in [-0.2, -0.15) is 0 Å². The van der Waals surface area contributed by atoms with Crippen molar-refractivity contribution in [2.75, 3.05) is 13.7 Å². The van der Waals surface area contributed by atoms with E-state index in [1.807, 2.05) is 23.1 Å². The molecule has 2 aromatic heterocycles. The van der Waals surface area contributed by atoms with Crippen molar-refractivity contribution in [3.05, 3.63) is 95.2 Å². The zero-order chi connectivity index (χ0) is 20.7. The van der Waals surface area contributed by atoms with Crippen LogP contribution in [0.3, 0.4) is 0 Å². The van der Waals surface area contributed by atoms with Crippen LogP contribution in [0.5, 0.6) is 5.75 Å². The predicted octanol–water partition coefficient (Wildman–Crippen LogP) is 4.50. The second-order valence-corrected chi connectivity index (χ2v) is 7.37. The number of fused-ring (bicyclic) bond motifs is 3. The molecule has 2 aromatic carbocycles. The van der Waals surface area contributed by atoms with Crippen LogP contribution in [-0.2, 0) is 6.42 Å². The maximum atomic E-state index is 13.6. The molecule has 6 heteroatoms. The van der Waals surface area contributed by atoms with E-state index >= 15 is 0 Å². The van der Waals surface area contributed by atoms with Gasteiger partial charge in [0.1, 0.15) is 11.6 Å². The number of H-pyrrole nitrogens is 1. The third-order valence-corrected chi connectivity index (χ3v) is 5.69. The van der Waals surface area contributed by atoms with E-state index in [0.717, 1.165) is 33.5 Å². The van der Waals surface area contributed by atoms with Gasteiger partial charge in [-0.25, -0.2) is 4.39 Å². The number of nitrogens with one attached hydrogen (secondary N) is 1. The lowest BCUT2D eigenvalue weighted by Gasteiger charge is -2.36. The number of carbonyl (C=O) groups excluding carboxylic acids is 1. The van der Waals surface area contributed by atoms with E-state index in [-0.39, 0.29) is 17.8 Å². The largest absolute Gasteiger partial charge is 0.497 e. The number of carbonyl (C=O) groups is 1. The number of benzene rings is 2. The van der Waals surface area contributed by atoms with Crippen molar-refractivity contribution in [2.24, 2.45) is 0 Å². The number of halogens is 1. The Hall–Kier alpha value is -3.67. The van der Waals surface area contributed by atoms with Crippen LogP contribution in [0.25, 0.3) is 10.9 Å². The second kappa shape index (κ2) is 7.30. The Morgan fingerprint density at radius 1 is 1.20 bits per heavy atom. The van der Waals surface area contributed by atoms with Crippen LogP contribution in [-0.4, -0.2) is 34.4 Å². The summed E-state index contributed by atoms with van der Waals surface area (Å²) < 4.78 is 19.0. The highest BCUT2D eigenvalue weighted by molar-refractivity contribution is 5.95. The average molecular weight is 401 g/mol. The Kier molecular flexibility index (Phi) is 4.47. The molecule has 0 fully saturated rings. The van der Waals surface area contributed by atoms with Gasteiger partial charge in [-0.1, -0.05) is 12.1 Å². The molecule has 3 heterocycles. The molecule has 30 heavy (non-hydrogen) atoms. The first-order chi connectivity index (χ1) is 14.7. The average Bonchev–Trinajstić information content (AvgIpc) is 3.17. The predicted molar refractivity (Wildman–Crippen MR) is 112 cm³/mol. The van der Waals surface area contributed by atoms with E-state index < -0.39 is 0 Å². The summed E-state index contributed by atoms with van der Waals surface area (Å²) in [6.45, 7) is 0.549. The second-order valence-electron chi connectivity index (χ2n) is 7.37. The van der Waals surface area contributed by atoms with Crippen LogP contribution in [0.1, 0.15) is 33.2 Å². The molecule has 0 spiro atoms. The summed E-state index contributed by atoms with van der Waals surface area (Å²) in [6, 6.07) is 15.4. The Morgan fingerprint density at radius 2 is 2.03 bits per heavy atom. The van der Waals surface area contributed by atoms with E-state index in [9.17, 15) is 9.18 Å². The Bertz CT molecular complexity index is 1220. The summed E-state index contributed by atoms with van der Waals surface area (Å²) in [5.74, 6) is 0.386. The molecule has 0 radical (unpaired) electrons. The molecule has 1 amide bonds. The number of rotatable bonds is 3. The van der Waals surface area contributed by atoms with Crippen LogP contribution in [0.15, 0.2) is 67.0 Å². The number of hydrogen-bond acceptors (Lipinski definition) is 3. The molecule has 150 valence electrons. The molecular formula is C24H20FN3O2. The van der Waals surface area contributed by atoms with Gasteiger partial charge in [-0.15, -0.1) is 0 Å². The molecule has 4 aromatic rings. The molecule has 1 aliphatic rings. The first kappa shape index (κ1) is 18.4. The zero-order valence-corrected chi connectivity index (χ0v) is 16.4. The third-order valence-electron chi connectivity index (χ3n) is 5.69. The number of methoxy groups -OCH3 is 1. The van der Waals surface area contributed by atoms with Crippen molar-refractivity contribution in [3.8, 4) is 5.75 Å². The molecular weight excluding hydrogens is 381 g/mol. The summed E-state index contributed by atoms with van der Waals surface area (Å²) in [6.07, 6.45) is 3.94. The highest BCUT2D eigenvalue weighted by Gasteiger charge is 2.35. The van der Waals surface area contributed by atoms with Gasteiger partial charge < -0.3 is 14.6 Å². The normalized spacial score (nSPS) is 15.8. The van der Waals surface area contributed by atoms with Crippen molar-refractivity contribution < 1.29 is 13.9 Å². The summed E-state index contributed by atoms with van der Waals surface area (Å²) in [5, 5.41) is 1.09. The van der Waals surface area contributed by atoms with Crippen molar-refractivity contribution in [3.63, 3.8) is 0 Å². The molecule has 0 saturated carbocycles. The van der Waals surface area contributed by atoms with Gasteiger partial charge >= 0.3 is 0 Å². The number of aromatic nitrogens is 2. The Morgan fingerprint density at radius 3 is 2.77 bits per heavy atom. The minimum Gasteiger partial charge on any atom is -0.497 e. The lowest BCUT2D eigenvalue weighted by Crippen LogP contribution is -2.40. The molecule has 1 aliphatic heterocycles. The SMILES string of the molecule is COc1ccc2[nH]c3c(c2c1)CCN(C(=O)c1cccnc1)[C@H]3c1ccc(F)cc1. The van der Waals surface area contributed by atoms with Gasteiger partial charge in [0.2, 0.25) is 0 Å². The summed E-state index contributed by atoms with van der Waals surface area (Å²) in [7, 11) is 1.65. The summed E-state index contributed by atoms with van der Waals surface area (Å²) in [4.78, 5) is 22.8. The molecule has 0 saturated heterocycles. The van der Waals surface area contributed by atoms with Crippen LogP contribution in [0.2, 0.25) is 0 Å². The lowest BCUT2D eigenvalue weighted by atomic mass is 9.91. The topological polar surface area (TPSA) is 58.2 Å². The number of aromatic amines is 1. The molecule has 5 rings (SSSR count). The number of hydrogen-bond donors (Lipinski definition) is 1. The van der Waals surface area contributed by atoms with E-state index in [1.165, 1.54) is 12.1 Å². The van der Waals surface area contributed by atoms with Crippen LogP contribution < -0.4 is 4.74 Å². The zero-order valence-electron chi connectivity index (χ0n) is 16.4. The van der Waals surface area contributed by atoms with Gasteiger partial charge in [0.25, 0.3) is 5.91 Å². The first-order valence-corrected chi connectivity index (χ1v) is 9.80. The minimum atomic E-state index is -0.347. The van der Waals surface area contributed by atoms with Crippen molar-refractivity contribution in [1.29, 1.82) is 0 Å². The van der Waals surface area contributed by atoms with Gasteiger partial charge in [-0.05, 0) is 60.0 Å². The van der Waals surface area contributed by atoms with Crippen molar-refractivity contribution >= 4 is 16.8 Å². The first-order valence-electron chi connectivity index (χ1n) is 9.80. The maximum absolute atomic E-state index is 13.6. The van der Waals surface area contributed by atoms with Crippen LogP contribution in [0, 0.1) is 5.82 Å². The van der Waals surface area contributed by atoms with Crippen LogP contribution >= 0.6 is 0 Å². The quantitative estimate of drug-likeness (QED) is 0.550. The molecule has 5 nitrogen and oxygen atoms in total. The van der Waals surface area contributed by atoms with Crippen molar-refractivity contribution in [2.45, 2.75) is 12.5 Å². The van der Waals surface area contributed by atoms with Gasteiger partial charge in [0, 0.05) is 35.5 Å². The van der Waals surface area contributed by atoms with Gasteiger partial charge in [0.05, 0.1) is 18.7 Å². The fourth-order valence-electron chi connectivity index (χ4n) is 4.26. The summed E-state index contributed by atoms with van der Waals surface area (Å²) >= 11 is 0. The molecule has 0 aliphatic carbocycles. The summed E-state index contributed by atoms with van der Waals surface area (Å²) in [5.41, 5.74) is 4.49. The van der Waals surface area contributed by atoms with E-state index in [0.29, 0.717) is 18.5 Å². The molecule has 0 bridgehead atoms. The van der Waals surface area contributed by atoms with Crippen molar-refractivity contribution in [1.82, 2.24) is 14.9 Å². The number of ether oxygens (including phenoxy) is 1. The lowest BCUT2D eigenvalue weighted by molar-refractivity contribution is 0.0691. The highest BCUT2D eigenvalue weighted by Crippen LogP contribution is 2.40. The number of nitrogens with zero attached hydrogens (tertiary/aromatic N) is 2. The molecule has 1 N–H and O–H groups in total. The monoisotopic (exact) mass is 401 g/mol. The maximum Gasteiger partial charge on any atom is 0.256 e. The van der Waals surface area contributed by atoms with E-state index in [2.05, 4.69) is 9.97 Å². The third kappa shape index (κ3) is 3.01. The minimum absolute atomic E-state index is 0.0979. The van der Waals surface area contributed by atoms with Crippen LogP contribution in [0.4, 0.5) is 4.39 Å². The van der Waals surface area contributed by atoms with Gasteiger partial charge in [0.15, 0.2) is 0 Å². The standard InChI is InChI=1S/C24H20FN3O2/c1-30-18-8-9-21-20(13-18)19-10-12-28(24(29)16-3-2-11-26-14-16)23(22(19)27-21)15-4-6-17(25)7-5-15/h2-9,11,13-14,23,27H,10,12H2,1H3/t23-/m0/s1. The smallest absolute Gasteiger partial charge is 0.256 e. The van der Waals surface area contributed by atoms with E-state index in [1.54, 1.807) is 43.8 Å². The van der Waals surface area contributed by atoms with E-state index in [4.69, 9.17) is 4.74 Å². The Balaban J connectivity index is 1.67. The molecule has 1 atom stereocenters. The fraction of sp³-hybridized carbons (Fsp3) is 0.167. The Labute approximate surface area is 173 Å². The number of pyridine rings is 1. The highest BCUT2D eigenvalue weighted by atomic mass is 19.1.